The topological polar surface area (TPSA) is 64.0 Å². The third-order valence-corrected chi connectivity index (χ3v) is 5.56. The van der Waals surface area contributed by atoms with Gasteiger partial charge in [0.2, 0.25) is 11.9 Å². The fraction of sp³-hybridized carbons (Fsp3) is 0.235. The lowest BCUT2D eigenvalue weighted by atomic mass is 10.2. The van der Waals surface area contributed by atoms with Crippen molar-refractivity contribution in [2.45, 2.75) is 13.8 Å². The van der Waals surface area contributed by atoms with Gasteiger partial charge in [0.25, 0.3) is 5.91 Å². The zero-order chi connectivity index (χ0) is 17.4. The predicted octanol–water partition coefficient (Wildman–Crippen LogP) is 3.80. The van der Waals surface area contributed by atoms with Gasteiger partial charge in [0, 0.05) is 11.9 Å². The summed E-state index contributed by atoms with van der Waals surface area (Å²) in [6.45, 7) is 4.66. The quantitative estimate of drug-likeness (QED) is 0.766. The van der Waals surface area contributed by atoms with Gasteiger partial charge in [-0.2, -0.15) is 4.99 Å². The molecule has 6 nitrogen and oxygen atoms in total. The zero-order valence-electron chi connectivity index (χ0n) is 13.7. The van der Waals surface area contributed by atoms with E-state index in [4.69, 9.17) is 9.47 Å². The normalized spacial score (nSPS) is 19.4. The number of rotatable bonds is 3. The molecular weight excluding hydrogens is 358 g/mol. The van der Waals surface area contributed by atoms with E-state index in [1.165, 1.54) is 23.1 Å². The molecule has 3 heterocycles. The molecule has 0 N–H and O–H groups in total. The summed E-state index contributed by atoms with van der Waals surface area (Å²) in [6, 6.07) is 5.63. The first-order valence-corrected chi connectivity index (χ1v) is 9.45. The third-order valence-electron chi connectivity index (χ3n) is 3.70. The molecule has 2 aliphatic rings. The fourth-order valence-electron chi connectivity index (χ4n) is 2.50. The molecule has 1 aromatic heterocycles. The number of amides is 1. The largest absolute Gasteiger partial charge is 0.454 e. The van der Waals surface area contributed by atoms with Crippen molar-refractivity contribution in [2.24, 2.45) is 4.99 Å². The summed E-state index contributed by atoms with van der Waals surface area (Å²) in [5.41, 5.74) is 1.82. The molecule has 128 valence electrons. The Kier molecular flexibility index (Phi) is 4.22. The number of ether oxygens (including phenoxy) is 2. The Morgan fingerprint density at radius 3 is 2.96 bits per heavy atom. The van der Waals surface area contributed by atoms with Crippen LogP contribution in [0, 0.1) is 6.92 Å². The summed E-state index contributed by atoms with van der Waals surface area (Å²) < 4.78 is 10.7. The summed E-state index contributed by atoms with van der Waals surface area (Å²) in [5, 5.41) is 3.27. The Labute approximate surface area is 153 Å². The summed E-state index contributed by atoms with van der Waals surface area (Å²) in [7, 11) is 0. The second-order valence-corrected chi connectivity index (χ2v) is 7.28. The molecule has 25 heavy (non-hydrogen) atoms. The first-order chi connectivity index (χ1) is 12.1. The van der Waals surface area contributed by atoms with Crippen LogP contribution in [0.4, 0.5) is 5.13 Å². The van der Waals surface area contributed by atoms with Crippen LogP contribution < -0.4 is 9.47 Å². The van der Waals surface area contributed by atoms with Crippen molar-refractivity contribution in [1.29, 1.82) is 0 Å². The Balaban J connectivity index is 1.64. The zero-order valence-corrected chi connectivity index (χ0v) is 15.3. The van der Waals surface area contributed by atoms with Crippen LogP contribution in [-0.4, -0.2) is 34.3 Å². The van der Waals surface area contributed by atoms with E-state index in [-0.39, 0.29) is 12.7 Å². The highest BCUT2D eigenvalue weighted by Gasteiger charge is 2.32. The van der Waals surface area contributed by atoms with Crippen molar-refractivity contribution in [3.8, 4) is 11.5 Å². The molecule has 0 radical (unpaired) electrons. The molecule has 0 bridgehead atoms. The van der Waals surface area contributed by atoms with Gasteiger partial charge < -0.3 is 9.47 Å². The van der Waals surface area contributed by atoms with Crippen LogP contribution in [0.1, 0.15) is 18.2 Å². The number of benzene rings is 1. The molecule has 1 saturated heterocycles. The molecule has 1 amide bonds. The van der Waals surface area contributed by atoms with Gasteiger partial charge in [0.15, 0.2) is 16.7 Å². The number of nitrogens with zero attached hydrogens (tertiary/aromatic N) is 3. The van der Waals surface area contributed by atoms with E-state index < -0.39 is 0 Å². The maximum absolute atomic E-state index is 12.7. The lowest BCUT2D eigenvalue weighted by Crippen LogP contribution is -2.28. The standard InChI is InChI=1S/C17H15N3O3S2/c1-3-20-15(21)14(25-17(20)19-16-18-10(2)8-24-16)7-11-4-5-12-13(6-11)23-9-22-12/h4-8H,3,9H2,1-2H3/b14-7-,19-17+. The average molecular weight is 373 g/mol. The number of aryl methyl sites for hydroxylation is 1. The van der Waals surface area contributed by atoms with Crippen molar-refractivity contribution in [3.63, 3.8) is 0 Å². The number of hydrogen-bond acceptors (Lipinski definition) is 7. The molecule has 1 fully saturated rings. The van der Waals surface area contributed by atoms with Crippen molar-refractivity contribution >= 4 is 45.4 Å². The highest BCUT2D eigenvalue weighted by atomic mass is 32.2. The van der Waals surface area contributed by atoms with Gasteiger partial charge in [-0.15, -0.1) is 11.3 Å². The highest BCUT2D eigenvalue weighted by molar-refractivity contribution is 8.18. The lowest BCUT2D eigenvalue weighted by molar-refractivity contribution is -0.122. The average Bonchev–Trinajstić information content (AvgIpc) is 3.28. The van der Waals surface area contributed by atoms with E-state index in [0.717, 1.165) is 17.0 Å². The maximum atomic E-state index is 12.7. The molecular formula is C17H15N3O3S2. The summed E-state index contributed by atoms with van der Waals surface area (Å²) in [5.74, 6) is 1.38. The molecule has 0 unspecified atom stereocenters. The predicted molar refractivity (Wildman–Crippen MR) is 99.5 cm³/mol. The molecule has 1 aromatic carbocycles. The Morgan fingerprint density at radius 1 is 1.36 bits per heavy atom. The number of thiazole rings is 1. The van der Waals surface area contributed by atoms with Gasteiger partial charge >= 0.3 is 0 Å². The molecule has 2 aliphatic heterocycles. The van der Waals surface area contributed by atoms with E-state index in [1.54, 1.807) is 4.90 Å². The first-order valence-electron chi connectivity index (χ1n) is 7.76. The summed E-state index contributed by atoms with van der Waals surface area (Å²) in [4.78, 5) is 23.8. The Hall–Kier alpha value is -2.32. The van der Waals surface area contributed by atoms with Crippen LogP contribution in [0.25, 0.3) is 6.08 Å². The van der Waals surface area contributed by atoms with Crippen LogP contribution in [0.15, 0.2) is 33.5 Å². The molecule has 0 aliphatic carbocycles. The summed E-state index contributed by atoms with van der Waals surface area (Å²) >= 11 is 2.83. The minimum absolute atomic E-state index is 0.0443. The second-order valence-electron chi connectivity index (χ2n) is 5.44. The van der Waals surface area contributed by atoms with Gasteiger partial charge in [-0.05, 0) is 49.4 Å². The number of fused-ring (bicyclic) bond motifs is 1. The number of amidine groups is 1. The highest BCUT2D eigenvalue weighted by Crippen LogP contribution is 2.37. The van der Waals surface area contributed by atoms with Gasteiger partial charge in [0.1, 0.15) is 0 Å². The van der Waals surface area contributed by atoms with Crippen LogP contribution in [-0.2, 0) is 4.79 Å². The minimum Gasteiger partial charge on any atom is -0.454 e. The van der Waals surface area contributed by atoms with Gasteiger partial charge in [0.05, 0.1) is 10.6 Å². The number of carbonyl (C=O) groups excluding carboxylic acids is 1. The number of likely N-dealkylation sites (N-methyl/N-ethyl adjacent to an activating group) is 1. The number of carbonyl (C=O) groups is 1. The number of aliphatic imine (C=N–C) groups is 1. The van der Waals surface area contributed by atoms with Crippen LogP contribution >= 0.6 is 23.1 Å². The SMILES string of the molecule is CCN1C(=O)/C(=C/c2ccc3c(c2)OCO3)S/C1=N/c1nc(C)cs1. The van der Waals surface area contributed by atoms with E-state index in [9.17, 15) is 4.79 Å². The molecule has 8 heteroatoms. The monoisotopic (exact) mass is 373 g/mol. The number of thioether (sulfide) groups is 1. The van der Waals surface area contributed by atoms with E-state index in [0.29, 0.717) is 27.5 Å². The van der Waals surface area contributed by atoms with E-state index >= 15 is 0 Å². The van der Waals surface area contributed by atoms with E-state index in [1.807, 2.05) is 43.5 Å². The first kappa shape index (κ1) is 16.2. The maximum Gasteiger partial charge on any atom is 0.266 e. The number of hydrogen-bond donors (Lipinski definition) is 0. The number of aromatic nitrogens is 1. The Morgan fingerprint density at radius 2 is 2.20 bits per heavy atom. The fourth-order valence-corrected chi connectivity index (χ4v) is 4.27. The van der Waals surface area contributed by atoms with Crippen LogP contribution in [0.2, 0.25) is 0 Å². The van der Waals surface area contributed by atoms with E-state index in [2.05, 4.69) is 9.98 Å². The second kappa shape index (κ2) is 6.53. The lowest BCUT2D eigenvalue weighted by Gasteiger charge is -2.11. The van der Waals surface area contributed by atoms with Crippen molar-refractivity contribution in [2.75, 3.05) is 13.3 Å². The molecule has 4 rings (SSSR count). The molecule has 2 aromatic rings. The van der Waals surface area contributed by atoms with Gasteiger partial charge in [-0.25, -0.2) is 4.98 Å². The minimum atomic E-state index is -0.0443. The van der Waals surface area contributed by atoms with Crippen molar-refractivity contribution in [1.82, 2.24) is 9.88 Å². The molecule has 0 spiro atoms. The van der Waals surface area contributed by atoms with Gasteiger partial charge in [-0.3, -0.25) is 9.69 Å². The molecule has 0 atom stereocenters. The Bertz CT molecular complexity index is 904. The van der Waals surface area contributed by atoms with Gasteiger partial charge in [-0.1, -0.05) is 6.07 Å². The molecule has 0 saturated carbocycles. The smallest absolute Gasteiger partial charge is 0.266 e. The van der Waals surface area contributed by atoms with Crippen molar-refractivity contribution in [3.05, 3.63) is 39.7 Å². The van der Waals surface area contributed by atoms with Crippen LogP contribution in [0.5, 0.6) is 11.5 Å². The van der Waals surface area contributed by atoms with Crippen molar-refractivity contribution < 1.29 is 14.3 Å². The summed E-state index contributed by atoms with van der Waals surface area (Å²) in [6.07, 6.45) is 1.85. The van der Waals surface area contributed by atoms with Crippen LogP contribution in [0.3, 0.4) is 0 Å². The third kappa shape index (κ3) is 3.14.